The zero-order valence-electron chi connectivity index (χ0n) is 9.85. The second kappa shape index (κ2) is 7.07. The van der Waals surface area contributed by atoms with Crippen LogP contribution in [0, 0.1) is 11.3 Å². The van der Waals surface area contributed by atoms with Gasteiger partial charge in [0, 0.05) is 13.0 Å². The van der Waals surface area contributed by atoms with E-state index in [2.05, 4.69) is 5.32 Å². The van der Waals surface area contributed by atoms with Gasteiger partial charge in [-0.05, 0) is 25.0 Å². The molecular formula is C13H14N2O3. The summed E-state index contributed by atoms with van der Waals surface area (Å²) in [4.78, 5) is 22.7. The topological polar surface area (TPSA) is 90.2 Å². The highest BCUT2D eigenvalue weighted by molar-refractivity contribution is 6.04. The highest BCUT2D eigenvalue weighted by Gasteiger charge is 2.14. The van der Waals surface area contributed by atoms with Crippen LogP contribution in [-0.2, 0) is 0 Å². The first kappa shape index (κ1) is 13.7. The summed E-state index contributed by atoms with van der Waals surface area (Å²) >= 11 is 0. The van der Waals surface area contributed by atoms with E-state index in [9.17, 15) is 9.59 Å². The number of nitriles is 1. The van der Waals surface area contributed by atoms with E-state index in [0.29, 0.717) is 19.4 Å². The van der Waals surface area contributed by atoms with Crippen LogP contribution >= 0.6 is 0 Å². The van der Waals surface area contributed by atoms with Crippen molar-refractivity contribution in [2.75, 3.05) is 6.54 Å². The summed E-state index contributed by atoms with van der Waals surface area (Å²) < 4.78 is 0. The molecule has 0 aromatic heterocycles. The summed E-state index contributed by atoms with van der Waals surface area (Å²) in [6, 6.07) is 8.10. The Hall–Kier alpha value is -2.35. The molecule has 0 spiro atoms. The Morgan fingerprint density at radius 3 is 2.50 bits per heavy atom. The summed E-state index contributed by atoms with van der Waals surface area (Å²) in [7, 11) is 0. The molecule has 1 aromatic carbocycles. The van der Waals surface area contributed by atoms with Gasteiger partial charge in [0.25, 0.3) is 5.91 Å². The number of carbonyl (C=O) groups is 2. The third kappa shape index (κ3) is 3.91. The van der Waals surface area contributed by atoms with Gasteiger partial charge in [0.15, 0.2) is 0 Å². The lowest BCUT2D eigenvalue weighted by Crippen LogP contribution is -2.26. The lowest BCUT2D eigenvalue weighted by molar-refractivity contribution is 0.0691. The quantitative estimate of drug-likeness (QED) is 0.749. The van der Waals surface area contributed by atoms with Crippen molar-refractivity contribution in [3.8, 4) is 6.07 Å². The van der Waals surface area contributed by atoms with Crippen LogP contribution < -0.4 is 5.32 Å². The van der Waals surface area contributed by atoms with Gasteiger partial charge in [0.05, 0.1) is 17.2 Å². The fourth-order valence-corrected chi connectivity index (χ4v) is 1.49. The lowest BCUT2D eigenvalue weighted by atomic mass is 10.1. The summed E-state index contributed by atoms with van der Waals surface area (Å²) in [6.07, 6.45) is 1.88. The first-order valence-electron chi connectivity index (χ1n) is 5.64. The number of amides is 1. The SMILES string of the molecule is N#CCCCCNC(=O)c1ccccc1C(=O)O. The number of nitrogens with one attached hydrogen (secondary N) is 1. The summed E-state index contributed by atoms with van der Waals surface area (Å²) in [5, 5.41) is 19.9. The maximum Gasteiger partial charge on any atom is 0.336 e. The molecule has 0 saturated carbocycles. The van der Waals surface area contributed by atoms with Crippen LogP contribution in [0.2, 0.25) is 0 Å². The van der Waals surface area contributed by atoms with Crippen molar-refractivity contribution < 1.29 is 14.7 Å². The van der Waals surface area contributed by atoms with E-state index in [-0.39, 0.29) is 11.1 Å². The highest BCUT2D eigenvalue weighted by Crippen LogP contribution is 2.08. The number of nitrogens with zero attached hydrogens (tertiary/aromatic N) is 1. The first-order chi connectivity index (χ1) is 8.66. The number of hydrogen-bond acceptors (Lipinski definition) is 3. The van der Waals surface area contributed by atoms with Crippen molar-refractivity contribution in [3.05, 3.63) is 35.4 Å². The minimum Gasteiger partial charge on any atom is -0.478 e. The van der Waals surface area contributed by atoms with Crippen LogP contribution in [0.1, 0.15) is 40.0 Å². The fraction of sp³-hybridized carbons (Fsp3) is 0.308. The number of hydrogen-bond donors (Lipinski definition) is 2. The van der Waals surface area contributed by atoms with Gasteiger partial charge in [0.1, 0.15) is 0 Å². The molecule has 0 unspecified atom stereocenters. The Bertz CT molecular complexity index is 477. The van der Waals surface area contributed by atoms with Crippen molar-refractivity contribution in [1.29, 1.82) is 5.26 Å². The molecule has 0 atom stereocenters. The van der Waals surface area contributed by atoms with E-state index >= 15 is 0 Å². The Kier molecular flexibility index (Phi) is 5.39. The van der Waals surface area contributed by atoms with Crippen LogP contribution in [0.5, 0.6) is 0 Å². The Morgan fingerprint density at radius 2 is 1.89 bits per heavy atom. The van der Waals surface area contributed by atoms with Crippen molar-refractivity contribution >= 4 is 11.9 Å². The molecule has 0 fully saturated rings. The zero-order valence-corrected chi connectivity index (χ0v) is 9.85. The molecule has 5 nitrogen and oxygen atoms in total. The fourth-order valence-electron chi connectivity index (χ4n) is 1.49. The van der Waals surface area contributed by atoms with Crippen LogP contribution in [0.15, 0.2) is 24.3 Å². The normalized spacial score (nSPS) is 9.50. The molecule has 1 rings (SSSR count). The highest BCUT2D eigenvalue weighted by atomic mass is 16.4. The molecule has 0 radical (unpaired) electrons. The number of aromatic carboxylic acids is 1. The monoisotopic (exact) mass is 246 g/mol. The van der Waals surface area contributed by atoms with Crippen molar-refractivity contribution in [2.45, 2.75) is 19.3 Å². The van der Waals surface area contributed by atoms with Crippen molar-refractivity contribution in [2.24, 2.45) is 0 Å². The maximum absolute atomic E-state index is 11.8. The molecule has 0 aliphatic rings. The standard InChI is InChI=1S/C13H14N2O3/c14-8-4-1-5-9-15-12(16)10-6-2-3-7-11(10)13(17)18/h2-3,6-7H,1,4-5,9H2,(H,15,16)(H,17,18). The molecule has 1 amide bonds. The van der Waals surface area contributed by atoms with Gasteiger partial charge >= 0.3 is 5.97 Å². The van der Waals surface area contributed by atoms with Gasteiger partial charge in [-0.25, -0.2) is 4.79 Å². The molecule has 0 heterocycles. The second-order valence-corrected chi connectivity index (χ2v) is 3.72. The van der Waals surface area contributed by atoms with Gasteiger partial charge < -0.3 is 10.4 Å². The molecule has 0 saturated heterocycles. The Labute approximate surface area is 105 Å². The van der Waals surface area contributed by atoms with Crippen LogP contribution in [0.4, 0.5) is 0 Å². The van der Waals surface area contributed by atoms with Crippen LogP contribution in [0.25, 0.3) is 0 Å². The molecule has 1 aromatic rings. The Morgan fingerprint density at radius 1 is 1.22 bits per heavy atom. The predicted molar refractivity (Wildman–Crippen MR) is 65.2 cm³/mol. The zero-order chi connectivity index (χ0) is 13.4. The Balaban J connectivity index is 2.57. The average molecular weight is 246 g/mol. The van der Waals surface area contributed by atoms with E-state index in [1.54, 1.807) is 12.1 Å². The van der Waals surface area contributed by atoms with Crippen LogP contribution in [-0.4, -0.2) is 23.5 Å². The predicted octanol–water partition coefficient (Wildman–Crippen LogP) is 1.81. The molecule has 0 bridgehead atoms. The van der Waals surface area contributed by atoms with E-state index in [0.717, 1.165) is 6.42 Å². The minimum absolute atomic E-state index is 0.00738. The molecular weight excluding hydrogens is 232 g/mol. The third-order valence-corrected chi connectivity index (χ3v) is 2.40. The number of carboxylic acids is 1. The average Bonchev–Trinajstić information content (AvgIpc) is 2.38. The van der Waals surface area contributed by atoms with Crippen molar-refractivity contribution in [3.63, 3.8) is 0 Å². The lowest BCUT2D eigenvalue weighted by Gasteiger charge is -2.06. The number of carboxylic acid groups (broad SMARTS) is 1. The molecule has 0 aliphatic carbocycles. The molecule has 2 N–H and O–H groups in total. The summed E-state index contributed by atoms with van der Waals surface area (Å²) in [6.45, 7) is 0.439. The van der Waals surface area contributed by atoms with E-state index in [1.807, 2.05) is 6.07 Å². The number of rotatable bonds is 6. The van der Waals surface area contributed by atoms with Crippen LogP contribution in [0.3, 0.4) is 0 Å². The van der Waals surface area contributed by atoms with Gasteiger partial charge in [0.2, 0.25) is 0 Å². The summed E-state index contributed by atoms with van der Waals surface area (Å²) in [5.41, 5.74) is 0.150. The van der Waals surface area contributed by atoms with E-state index in [1.165, 1.54) is 12.1 Å². The second-order valence-electron chi connectivity index (χ2n) is 3.72. The number of unbranched alkanes of at least 4 members (excludes halogenated alkanes) is 2. The maximum atomic E-state index is 11.8. The molecule has 0 aliphatic heterocycles. The largest absolute Gasteiger partial charge is 0.478 e. The van der Waals surface area contributed by atoms with E-state index < -0.39 is 11.9 Å². The summed E-state index contributed by atoms with van der Waals surface area (Å²) in [5.74, 6) is -1.52. The molecule has 5 heteroatoms. The minimum atomic E-state index is -1.12. The smallest absolute Gasteiger partial charge is 0.336 e. The third-order valence-electron chi connectivity index (χ3n) is 2.40. The number of benzene rings is 1. The van der Waals surface area contributed by atoms with Gasteiger partial charge in [-0.3, -0.25) is 4.79 Å². The molecule has 18 heavy (non-hydrogen) atoms. The van der Waals surface area contributed by atoms with Gasteiger partial charge in [-0.15, -0.1) is 0 Å². The van der Waals surface area contributed by atoms with Gasteiger partial charge in [-0.2, -0.15) is 5.26 Å². The number of carbonyl (C=O) groups excluding carboxylic acids is 1. The van der Waals surface area contributed by atoms with Crippen molar-refractivity contribution in [1.82, 2.24) is 5.32 Å². The first-order valence-corrected chi connectivity index (χ1v) is 5.64. The van der Waals surface area contributed by atoms with E-state index in [4.69, 9.17) is 10.4 Å². The van der Waals surface area contributed by atoms with Gasteiger partial charge in [-0.1, -0.05) is 12.1 Å². The molecule has 94 valence electrons.